The number of aromatic hydroxyl groups is 1. The third kappa shape index (κ3) is 7.91. The molecule has 11 nitrogen and oxygen atoms in total. The number of amides is 1. The van der Waals surface area contributed by atoms with Gasteiger partial charge in [-0.1, -0.05) is 67.6 Å². The van der Waals surface area contributed by atoms with Crippen molar-refractivity contribution in [3.8, 4) is 17.2 Å². The van der Waals surface area contributed by atoms with Gasteiger partial charge in [0, 0.05) is 11.8 Å². The first-order chi connectivity index (χ1) is 29.0. The second-order valence-electron chi connectivity index (χ2n) is 17.2. The number of rotatable bonds is 13. The Morgan fingerprint density at radius 1 is 0.800 bits per heavy atom. The van der Waals surface area contributed by atoms with Crippen LogP contribution in [0.1, 0.15) is 92.0 Å². The predicted molar refractivity (Wildman–Crippen MR) is 223 cm³/mol. The lowest BCUT2D eigenvalue weighted by molar-refractivity contribution is -0.151. The molecule has 0 unspecified atom stereocenters. The average Bonchev–Trinajstić information content (AvgIpc) is 3.83. The zero-order valence-corrected chi connectivity index (χ0v) is 34.6. The van der Waals surface area contributed by atoms with Crippen LogP contribution in [0.2, 0.25) is 0 Å². The molecule has 4 aromatic carbocycles. The minimum Gasteiger partial charge on any atom is -0.508 e. The van der Waals surface area contributed by atoms with Crippen LogP contribution in [-0.2, 0) is 35.8 Å². The molecule has 0 spiro atoms. The lowest BCUT2D eigenvalue weighted by atomic mass is 9.55. The molecule has 1 amide bonds. The van der Waals surface area contributed by atoms with Crippen molar-refractivity contribution in [1.82, 2.24) is 4.90 Å². The fraction of sp³-hybridized carbons (Fsp3) is 0.449. The average molecular weight is 818 g/mol. The molecule has 4 aliphatic rings. The molecule has 1 aliphatic heterocycles. The van der Waals surface area contributed by atoms with Gasteiger partial charge in [-0.05, 0) is 120 Å². The van der Waals surface area contributed by atoms with Gasteiger partial charge < -0.3 is 33.9 Å². The Bertz CT molecular complexity index is 2110. The molecule has 0 radical (unpaired) electrons. The number of hydrogen-bond donors (Lipinski definition) is 2. The van der Waals surface area contributed by atoms with Crippen LogP contribution in [0.15, 0.2) is 97.1 Å². The molecule has 2 saturated carbocycles. The molecule has 1 saturated heterocycles. The minimum atomic E-state index is -1.15. The van der Waals surface area contributed by atoms with Crippen molar-refractivity contribution >= 4 is 18.0 Å². The molecule has 8 rings (SSSR count). The number of aliphatic carboxylic acids is 1. The van der Waals surface area contributed by atoms with Gasteiger partial charge in [-0.3, -0.25) is 14.5 Å². The van der Waals surface area contributed by atoms with Crippen LogP contribution >= 0.6 is 0 Å². The molecule has 0 bridgehead atoms. The van der Waals surface area contributed by atoms with Gasteiger partial charge in [0.05, 0.1) is 46.3 Å². The maximum atomic E-state index is 14.6. The highest BCUT2D eigenvalue weighted by Crippen LogP contribution is 2.61. The zero-order chi connectivity index (χ0) is 42.0. The first-order valence-electron chi connectivity index (χ1n) is 21.2. The second-order valence-corrected chi connectivity index (χ2v) is 17.2. The van der Waals surface area contributed by atoms with E-state index in [1.165, 1.54) is 11.1 Å². The fourth-order valence-corrected chi connectivity index (χ4v) is 11.0. The number of methoxy groups -OCH3 is 2. The maximum absolute atomic E-state index is 14.6. The quantitative estimate of drug-likeness (QED) is 0.0996. The first kappa shape index (κ1) is 41.2. The second kappa shape index (κ2) is 17.2. The highest BCUT2D eigenvalue weighted by Gasteiger charge is 2.57. The van der Waals surface area contributed by atoms with Gasteiger partial charge in [0.15, 0.2) is 0 Å². The van der Waals surface area contributed by atoms with Gasteiger partial charge in [0.2, 0.25) is 0 Å². The van der Waals surface area contributed by atoms with Crippen molar-refractivity contribution in [3.05, 3.63) is 125 Å². The fourth-order valence-electron chi connectivity index (χ4n) is 11.0. The molecule has 3 fully saturated rings. The molecule has 2 N–H and O–H groups in total. The summed E-state index contributed by atoms with van der Waals surface area (Å²) in [7, 11) is 3.24. The van der Waals surface area contributed by atoms with Crippen LogP contribution in [0, 0.1) is 17.3 Å². The van der Waals surface area contributed by atoms with Gasteiger partial charge >= 0.3 is 18.0 Å². The molecule has 0 aromatic heterocycles. The predicted octanol–water partition coefficient (Wildman–Crippen LogP) is 8.63. The third-order valence-corrected chi connectivity index (χ3v) is 14.0. The minimum absolute atomic E-state index is 0.0640. The van der Waals surface area contributed by atoms with Crippen molar-refractivity contribution in [2.75, 3.05) is 27.4 Å². The van der Waals surface area contributed by atoms with Crippen molar-refractivity contribution in [2.45, 2.75) is 94.5 Å². The standard InChI is InChI=1S/C49H55NO10/c1-48-26-25-41-40-20-14-36(51)27-31(40)9-19-42(41)43(48)21-22-44(48)60-47(55)50-29-39(59-46(54)24-23-45(52)53)28-35(50)30-58-49(32-7-5-4-6-8-32,33-10-15-37(56-2)16-11-33)34-12-17-38(57-3)18-13-34/h4-8,10-18,20,27,35,39,41-44,51H,9,19,21-26,28-30H2,1-3H3,(H,52,53)/t35-,39+,41-,42-,43+,44-,48-/m0/s1. The van der Waals surface area contributed by atoms with E-state index >= 15 is 0 Å². The van der Waals surface area contributed by atoms with Gasteiger partial charge in [0.25, 0.3) is 0 Å². The number of esters is 1. The number of hydrogen-bond acceptors (Lipinski definition) is 9. The Morgan fingerprint density at radius 2 is 1.47 bits per heavy atom. The summed E-state index contributed by atoms with van der Waals surface area (Å²) in [5.41, 5.74) is 3.81. The Morgan fingerprint density at radius 3 is 2.12 bits per heavy atom. The van der Waals surface area contributed by atoms with Gasteiger partial charge in [-0.25, -0.2) is 4.79 Å². The molecule has 316 valence electrons. The van der Waals surface area contributed by atoms with E-state index in [1.54, 1.807) is 25.2 Å². The molecule has 60 heavy (non-hydrogen) atoms. The lowest BCUT2D eigenvalue weighted by Crippen LogP contribution is -2.48. The molecule has 4 aromatic rings. The number of carbonyl (C=O) groups excluding carboxylic acids is 2. The van der Waals surface area contributed by atoms with Gasteiger partial charge in [-0.15, -0.1) is 0 Å². The molecule has 7 atom stereocenters. The molecular formula is C49H55NO10. The first-order valence-corrected chi connectivity index (χ1v) is 21.2. The number of ether oxygens (including phenoxy) is 5. The summed E-state index contributed by atoms with van der Waals surface area (Å²) < 4.78 is 30.7. The number of nitrogens with zero attached hydrogens (tertiary/aromatic N) is 1. The number of carboxylic acids is 1. The van der Waals surface area contributed by atoms with Crippen LogP contribution in [-0.4, -0.2) is 78.8 Å². The number of phenolic OH excluding ortho intramolecular Hbond substituents is 1. The molecule has 3 aliphatic carbocycles. The number of fused-ring (bicyclic) bond motifs is 5. The molecule has 1 heterocycles. The van der Waals surface area contributed by atoms with Crippen LogP contribution in [0.3, 0.4) is 0 Å². The maximum Gasteiger partial charge on any atom is 0.410 e. The van der Waals surface area contributed by atoms with Gasteiger partial charge in [-0.2, -0.15) is 0 Å². The monoisotopic (exact) mass is 817 g/mol. The van der Waals surface area contributed by atoms with Gasteiger partial charge in [0.1, 0.15) is 35.1 Å². The van der Waals surface area contributed by atoms with E-state index in [0.29, 0.717) is 35.0 Å². The van der Waals surface area contributed by atoms with Crippen LogP contribution < -0.4 is 9.47 Å². The normalized spacial score (nSPS) is 25.7. The summed E-state index contributed by atoms with van der Waals surface area (Å²) in [4.78, 5) is 40.4. The number of likely N-dealkylation sites (tertiary alicyclic amines) is 1. The SMILES string of the molecule is COc1ccc(C(OC[C@@H]2C[C@@H](OC(=O)CCC(=O)O)CN2C(=O)O[C@H]2CC[C@@H]3[C@H]4CCc5cc(O)ccc5[C@@H]4CC[C@]23C)(c2ccccc2)c2ccc(OC)cc2)cc1. The summed E-state index contributed by atoms with van der Waals surface area (Å²) >= 11 is 0. The van der Waals surface area contributed by atoms with Crippen molar-refractivity contribution in [2.24, 2.45) is 17.3 Å². The number of carboxylic acid groups (broad SMARTS) is 1. The number of phenols is 1. The molecular weight excluding hydrogens is 763 g/mol. The highest BCUT2D eigenvalue weighted by atomic mass is 16.6. The Labute approximate surface area is 351 Å². The lowest BCUT2D eigenvalue weighted by Gasteiger charge is -2.50. The summed E-state index contributed by atoms with van der Waals surface area (Å²) in [5.74, 6) is 1.30. The third-order valence-electron chi connectivity index (χ3n) is 14.0. The summed E-state index contributed by atoms with van der Waals surface area (Å²) in [6.45, 7) is 2.45. The number of carbonyl (C=O) groups is 3. The number of benzene rings is 4. The smallest absolute Gasteiger partial charge is 0.410 e. The Kier molecular flexibility index (Phi) is 11.8. The largest absolute Gasteiger partial charge is 0.508 e. The van der Waals surface area contributed by atoms with Crippen molar-refractivity contribution in [1.29, 1.82) is 0 Å². The van der Waals surface area contributed by atoms with E-state index in [1.807, 2.05) is 84.9 Å². The number of aryl methyl sites for hydroxylation is 1. The zero-order valence-electron chi connectivity index (χ0n) is 34.6. The van der Waals surface area contributed by atoms with Crippen LogP contribution in [0.5, 0.6) is 17.2 Å². The van der Waals surface area contributed by atoms with Crippen LogP contribution in [0.4, 0.5) is 4.79 Å². The summed E-state index contributed by atoms with van der Waals surface area (Å²) in [6.07, 6.45) is 3.91. The highest BCUT2D eigenvalue weighted by molar-refractivity contribution is 5.76. The topological polar surface area (TPSA) is 141 Å². The van der Waals surface area contributed by atoms with E-state index in [0.717, 1.165) is 55.2 Å². The van der Waals surface area contributed by atoms with E-state index in [2.05, 4.69) is 13.0 Å². The van der Waals surface area contributed by atoms with E-state index in [4.69, 9.17) is 23.7 Å². The van der Waals surface area contributed by atoms with Crippen molar-refractivity contribution in [3.63, 3.8) is 0 Å². The Balaban J connectivity index is 1.08. The van der Waals surface area contributed by atoms with E-state index in [9.17, 15) is 24.6 Å². The van der Waals surface area contributed by atoms with Crippen molar-refractivity contribution < 1.29 is 48.3 Å². The van der Waals surface area contributed by atoms with E-state index < -0.39 is 35.8 Å². The van der Waals surface area contributed by atoms with E-state index in [-0.39, 0.29) is 43.9 Å². The Hall–Kier alpha value is -5.55. The van der Waals surface area contributed by atoms with Crippen LogP contribution in [0.25, 0.3) is 0 Å². The summed E-state index contributed by atoms with van der Waals surface area (Å²) in [5, 5.41) is 19.4. The molecule has 11 heteroatoms. The summed E-state index contributed by atoms with van der Waals surface area (Å²) in [6, 6.07) is 30.7.